The summed E-state index contributed by atoms with van der Waals surface area (Å²) >= 11 is 1.28. The molecule has 1 spiro atoms. The van der Waals surface area contributed by atoms with Crippen molar-refractivity contribution in [1.82, 2.24) is 4.90 Å². The van der Waals surface area contributed by atoms with Crippen LogP contribution in [0.15, 0.2) is 24.3 Å². The lowest BCUT2D eigenvalue weighted by Gasteiger charge is -2.52. The average Bonchev–Trinajstić information content (AvgIpc) is 3.61. The predicted molar refractivity (Wildman–Crippen MR) is 107 cm³/mol. The van der Waals surface area contributed by atoms with Gasteiger partial charge in [-0.1, -0.05) is 18.2 Å². The second-order valence-electron chi connectivity index (χ2n) is 9.58. The number of fused-ring (bicyclic) bond motifs is 3. The van der Waals surface area contributed by atoms with Gasteiger partial charge < -0.3 is 0 Å². The summed E-state index contributed by atoms with van der Waals surface area (Å²) in [6.07, 6.45) is 1.39. The first-order valence-corrected chi connectivity index (χ1v) is 11.5. The molecular formula is C23H24F3NOS. The first kappa shape index (κ1) is 18.4. The van der Waals surface area contributed by atoms with Crippen molar-refractivity contribution in [3.05, 3.63) is 34.7 Å². The van der Waals surface area contributed by atoms with Gasteiger partial charge in [0.05, 0.1) is 10.3 Å². The molecule has 0 radical (unpaired) electrons. The third-order valence-electron chi connectivity index (χ3n) is 8.22. The number of alkyl halides is 3. The molecule has 7 rings (SSSR count). The average molecular weight is 420 g/mol. The van der Waals surface area contributed by atoms with E-state index in [-0.39, 0.29) is 24.2 Å². The summed E-state index contributed by atoms with van der Waals surface area (Å²) in [6, 6.07) is 6.99. The summed E-state index contributed by atoms with van der Waals surface area (Å²) in [6.45, 7) is 2.34. The van der Waals surface area contributed by atoms with E-state index in [0.29, 0.717) is 33.4 Å². The Morgan fingerprint density at radius 3 is 2.48 bits per heavy atom. The van der Waals surface area contributed by atoms with Crippen LogP contribution in [0.1, 0.15) is 60.2 Å². The van der Waals surface area contributed by atoms with E-state index >= 15 is 0 Å². The Bertz CT molecular complexity index is 993. The fourth-order valence-electron chi connectivity index (χ4n) is 6.30. The molecule has 3 saturated heterocycles. The van der Waals surface area contributed by atoms with Crippen LogP contribution in [0.3, 0.4) is 0 Å². The van der Waals surface area contributed by atoms with E-state index in [0.717, 1.165) is 5.39 Å². The Labute approximate surface area is 172 Å². The predicted octanol–water partition coefficient (Wildman–Crippen LogP) is 5.94. The second kappa shape index (κ2) is 5.85. The van der Waals surface area contributed by atoms with Gasteiger partial charge in [-0.15, -0.1) is 11.3 Å². The molecule has 6 heteroatoms. The summed E-state index contributed by atoms with van der Waals surface area (Å²) in [5.74, 6) is 1.18. The van der Waals surface area contributed by atoms with E-state index in [2.05, 4.69) is 4.90 Å². The molecule has 1 aromatic heterocycles. The minimum atomic E-state index is -4.23. The highest BCUT2D eigenvalue weighted by molar-refractivity contribution is 7.21. The number of hydrogen-bond acceptors (Lipinski definition) is 3. The molecule has 2 aromatic rings. The number of carbonyl (C=O) groups excluding carboxylic acids is 1. The van der Waals surface area contributed by atoms with Crippen molar-refractivity contribution in [3.63, 3.8) is 0 Å². The molecule has 0 unspecified atom stereocenters. The van der Waals surface area contributed by atoms with Crippen molar-refractivity contribution >= 4 is 27.2 Å². The van der Waals surface area contributed by atoms with Gasteiger partial charge in [0.15, 0.2) is 5.78 Å². The van der Waals surface area contributed by atoms with E-state index in [1.807, 2.05) is 12.1 Å². The maximum absolute atomic E-state index is 13.7. The zero-order valence-electron chi connectivity index (χ0n) is 16.2. The first-order chi connectivity index (χ1) is 13.8. The molecule has 154 valence electrons. The number of hydrogen-bond donors (Lipinski definition) is 0. The summed E-state index contributed by atoms with van der Waals surface area (Å²) < 4.78 is 41.7. The summed E-state index contributed by atoms with van der Waals surface area (Å²) in [5.41, 5.74) is -1.08. The topological polar surface area (TPSA) is 20.3 Å². The van der Waals surface area contributed by atoms with E-state index in [1.165, 1.54) is 50.1 Å². The van der Waals surface area contributed by atoms with Crippen molar-refractivity contribution in [2.75, 3.05) is 13.1 Å². The molecule has 5 aliphatic rings. The number of benzene rings is 1. The van der Waals surface area contributed by atoms with Gasteiger partial charge in [0.25, 0.3) is 0 Å². The zero-order chi connectivity index (χ0) is 20.0. The Balaban J connectivity index is 1.32. The molecule has 2 nitrogen and oxygen atoms in total. The lowest BCUT2D eigenvalue weighted by molar-refractivity contribution is -0.160. The van der Waals surface area contributed by atoms with Gasteiger partial charge in [0.2, 0.25) is 0 Å². The molecule has 4 heterocycles. The third-order valence-corrected chi connectivity index (χ3v) is 9.45. The normalized spacial score (nSPS) is 31.3. The highest BCUT2D eigenvalue weighted by atomic mass is 32.1. The van der Waals surface area contributed by atoms with E-state index < -0.39 is 11.6 Å². The maximum Gasteiger partial charge on any atom is 0.398 e. The van der Waals surface area contributed by atoms with Crippen molar-refractivity contribution in [3.8, 4) is 0 Å². The Morgan fingerprint density at radius 1 is 1.14 bits per heavy atom. The first-order valence-electron chi connectivity index (χ1n) is 10.7. The Kier molecular flexibility index (Phi) is 3.71. The highest BCUT2D eigenvalue weighted by Crippen LogP contribution is 2.61. The number of nitrogens with zero attached hydrogens (tertiary/aromatic N) is 1. The van der Waals surface area contributed by atoms with Crippen LogP contribution in [0.25, 0.3) is 10.1 Å². The van der Waals surface area contributed by atoms with Crippen molar-refractivity contribution in [2.45, 2.75) is 62.1 Å². The number of piperidine rings is 3. The third kappa shape index (κ3) is 2.54. The smallest absolute Gasteiger partial charge is 0.297 e. The molecular weight excluding hydrogens is 395 g/mol. The maximum atomic E-state index is 13.7. The van der Waals surface area contributed by atoms with E-state index in [4.69, 9.17) is 0 Å². The number of Topliss-reactive ketones (excluding diaryl/α,β-unsaturated/α-hetero) is 1. The number of ketones is 1. The largest absolute Gasteiger partial charge is 0.398 e. The van der Waals surface area contributed by atoms with Gasteiger partial charge in [-0.25, -0.2) is 0 Å². The van der Waals surface area contributed by atoms with E-state index in [1.54, 1.807) is 12.1 Å². The molecule has 5 fully saturated rings. The summed E-state index contributed by atoms with van der Waals surface area (Å²) in [5, 5.41) is 0.779. The molecule has 2 aliphatic carbocycles. The van der Waals surface area contributed by atoms with Crippen LogP contribution in [0.4, 0.5) is 13.2 Å². The van der Waals surface area contributed by atoms with Crippen LogP contribution in [-0.4, -0.2) is 35.5 Å². The van der Waals surface area contributed by atoms with Gasteiger partial charge in [-0.2, -0.15) is 13.2 Å². The fourth-order valence-corrected chi connectivity index (χ4v) is 7.52. The molecule has 0 amide bonds. The summed E-state index contributed by atoms with van der Waals surface area (Å²) in [4.78, 5) is 16.5. The van der Waals surface area contributed by atoms with Crippen LogP contribution >= 0.6 is 11.3 Å². The van der Waals surface area contributed by atoms with Crippen molar-refractivity contribution in [1.29, 1.82) is 0 Å². The van der Waals surface area contributed by atoms with Gasteiger partial charge in [0.1, 0.15) is 0 Å². The quantitative estimate of drug-likeness (QED) is 0.572. The molecule has 29 heavy (non-hydrogen) atoms. The Hall–Kier alpha value is -1.40. The minimum absolute atomic E-state index is 0.124. The van der Waals surface area contributed by atoms with Crippen LogP contribution in [0, 0.1) is 11.8 Å². The van der Waals surface area contributed by atoms with Crippen LogP contribution < -0.4 is 0 Å². The van der Waals surface area contributed by atoms with Crippen LogP contribution in [0.5, 0.6) is 0 Å². The lowest BCUT2D eigenvalue weighted by atomic mass is 9.70. The number of thiophene rings is 1. The zero-order valence-corrected chi connectivity index (χ0v) is 17.0. The monoisotopic (exact) mass is 419 g/mol. The van der Waals surface area contributed by atoms with Crippen LogP contribution in [0.2, 0.25) is 0 Å². The number of rotatable bonds is 4. The standard InChI is InChI=1S/C23H24F3NOS/c24-23(25,26)21(6-7-21)16-3-1-2-15-12-19(29-20(15)16)18(28)13-17-14-4-10-27(11-5-14)22(17)8-9-22/h1-3,12,14,17H,4-11,13H2/t17-/m1/s1. The van der Waals surface area contributed by atoms with E-state index in [9.17, 15) is 18.0 Å². The molecule has 1 aromatic carbocycles. The van der Waals surface area contributed by atoms with Crippen molar-refractivity contribution < 1.29 is 18.0 Å². The molecule has 2 saturated carbocycles. The van der Waals surface area contributed by atoms with Gasteiger partial charge in [0, 0.05) is 16.7 Å². The minimum Gasteiger partial charge on any atom is -0.297 e. The molecule has 3 aliphatic heterocycles. The molecule has 2 bridgehead atoms. The SMILES string of the molecule is O=C(C[C@@H]1C2CCN(CC2)C12CC2)c1cc2cccc(C3(C(F)(F)F)CC3)c2s1. The number of carbonyl (C=O) groups is 1. The second-order valence-corrected chi connectivity index (χ2v) is 10.6. The molecule has 0 N–H and O–H groups in total. The van der Waals surface area contributed by atoms with Gasteiger partial charge >= 0.3 is 6.18 Å². The fraction of sp³-hybridized carbons (Fsp3) is 0.609. The highest BCUT2D eigenvalue weighted by Gasteiger charge is 2.65. The lowest BCUT2D eigenvalue weighted by Crippen LogP contribution is -2.57. The molecule has 1 atom stereocenters. The van der Waals surface area contributed by atoms with Gasteiger partial charge in [-0.3, -0.25) is 9.69 Å². The summed E-state index contributed by atoms with van der Waals surface area (Å²) in [7, 11) is 0. The number of halogens is 3. The van der Waals surface area contributed by atoms with Crippen LogP contribution in [-0.2, 0) is 5.41 Å². The Morgan fingerprint density at radius 2 is 1.86 bits per heavy atom. The van der Waals surface area contributed by atoms with Crippen molar-refractivity contribution in [2.24, 2.45) is 11.8 Å². The van der Waals surface area contributed by atoms with Gasteiger partial charge in [-0.05, 0) is 80.5 Å².